The quantitative estimate of drug-likeness (QED) is 0.0975. The molecule has 2 aromatic carbocycles. The molecule has 0 aliphatic rings. The van der Waals surface area contributed by atoms with Gasteiger partial charge in [0.1, 0.15) is 22.2 Å². The Labute approximate surface area is 238 Å². The number of carboxylic acid groups (broad SMARTS) is 1. The van der Waals surface area contributed by atoms with Gasteiger partial charge in [0.25, 0.3) is 0 Å². The van der Waals surface area contributed by atoms with Gasteiger partial charge in [-0.3, -0.25) is 13.9 Å². The van der Waals surface area contributed by atoms with Gasteiger partial charge >= 0.3 is 5.97 Å². The highest BCUT2D eigenvalue weighted by atomic mass is 32.3. The highest BCUT2D eigenvalue weighted by Crippen LogP contribution is 2.50. The molecule has 40 heavy (non-hydrogen) atoms. The first kappa shape index (κ1) is 31.0. The van der Waals surface area contributed by atoms with E-state index in [4.69, 9.17) is 20.3 Å². The van der Waals surface area contributed by atoms with E-state index in [2.05, 4.69) is 17.1 Å². The molecule has 0 fully saturated rings. The number of carboxylic acids is 1. The van der Waals surface area contributed by atoms with Crippen LogP contribution in [-0.4, -0.2) is 38.9 Å². The second kappa shape index (κ2) is 15.9. The Bertz CT molecular complexity index is 1250. The molecule has 0 aliphatic carbocycles. The van der Waals surface area contributed by atoms with Crippen molar-refractivity contribution in [1.29, 1.82) is 0 Å². The largest absolute Gasteiger partial charge is 0.497 e. The maximum Gasteiger partial charge on any atom is 0.307 e. The fourth-order valence-electron chi connectivity index (χ4n) is 4.24. The molecule has 0 unspecified atom stereocenters. The fourth-order valence-corrected chi connectivity index (χ4v) is 5.56. The maximum atomic E-state index is 11.0. The van der Waals surface area contributed by atoms with Crippen molar-refractivity contribution in [1.82, 2.24) is 4.98 Å². The molecule has 5 N–H and O–H groups in total. The Morgan fingerprint density at radius 1 is 0.950 bits per heavy atom. The van der Waals surface area contributed by atoms with Crippen LogP contribution in [-0.2, 0) is 17.0 Å². The number of anilines is 1. The number of rotatable bonds is 17. The van der Waals surface area contributed by atoms with E-state index in [0.717, 1.165) is 37.9 Å². The van der Waals surface area contributed by atoms with Crippen molar-refractivity contribution in [3.63, 3.8) is 0 Å². The van der Waals surface area contributed by atoms with Gasteiger partial charge in [-0.1, -0.05) is 56.0 Å². The Morgan fingerprint density at radius 3 is 2.38 bits per heavy atom. The van der Waals surface area contributed by atoms with Crippen molar-refractivity contribution in [3.8, 4) is 11.5 Å². The first-order valence-corrected chi connectivity index (χ1v) is 15.2. The highest BCUT2D eigenvalue weighted by Gasteiger charge is 2.20. The van der Waals surface area contributed by atoms with Gasteiger partial charge in [-0.05, 0) is 72.9 Å². The van der Waals surface area contributed by atoms with Crippen molar-refractivity contribution >= 4 is 28.3 Å². The summed E-state index contributed by atoms with van der Waals surface area (Å²) >= 11 is 0. The van der Waals surface area contributed by atoms with Gasteiger partial charge in [0.15, 0.2) is 0 Å². The summed E-state index contributed by atoms with van der Waals surface area (Å²) in [5, 5.41) is 9.11. The molecule has 1 aromatic heterocycles. The number of ether oxygens (including phenoxy) is 2. The van der Waals surface area contributed by atoms with Crippen LogP contribution < -0.4 is 15.2 Å². The van der Waals surface area contributed by atoms with Crippen molar-refractivity contribution < 1.29 is 28.5 Å². The topological polar surface area (TPSA) is 135 Å². The fraction of sp³-hybridized carbons (Fsp3) is 0.355. The van der Waals surface area contributed by atoms with Crippen molar-refractivity contribution in [2.45, 2.75) is 62.1 Å². The SMILES string of the molecule is COc1ccc(CCCCCCCCOc2ccc(S(O)(O)Cc3cccc(N)c3)nc2C=CCC(=O)O)cc1. The zero-order valence-corrected chi connectivity index (χ0v) is 23.8. The number of methoxy groups -OCH3 is 1. The lowest BCUT2D eigenvalue weighted by molar-refractivity contribution is -0.135. The van der Waals surface area contributed by atoms with Crippen LogP contribution in [0.3, 0.4) is 0 Å². The number of nitrogens with two attached hydrogens (primary N) is 1. The monoisotopic (exact) mass is 568 g/mol. The van der Waals surface area contributed by atoms with E-state index in [1.807, 2.05) is 12.1 Å². The van der Waals surface area contributed by atoms with Crippen LogP contribution in [0.15, 0.2) is 71.8 Å². The third kappa shape index (κ3) is 10.6. The number of hydrogen-bond acceptors (Lipinski definition) is 7. The predicted molar refractivity (Wildman–Crippen MR) is 161 cm³/mol. The summed E-state index contributed by atoms with van der Waals surface area (Å²) < 4.78 is 32.9. The smallest absolute Gasteiger partial charge is 0.307 e. The summed E-state index contributed by atoms with van der Waals surface area (Å²) in [6.07, 6.45) is 10.5. The lowest BCUT2D eigenvalue weighted by Crippen LogP contribution is -2.07. The van der Waals surface area contributed by atoms with E-state index in [1.54, 1.807) is 49.6 Å². The number of pyridine rings is 1. The van der Waals surface area contributed by atoms with Crippen LogP contribution in [0.1, 0.15) is 61.8 Å². The van der Waals surface area contributed by atoms with Gasteiger partial charge in [0, 0.05) is 5.69 Å². The molecule has 3 aromatic rings. The summed E-state index contributed by atoms with van der Waals surface area (Å²) in [6, 6.07) is 18.4. The lowest BCUT2D eigenvalue weighted by atomic mass is 10.0. The average Bonchev–Trinajstić information content (AvgIpc) is 2.92. The predicted octanol–water partition coefficient (Wildman–Crippen LogP) is 7.43. The Morgan fingerprint density at radius 2 is 1.68 bits per heavy atom. The molecule has 0 bridgehead atoms. The number of carbonyl (C=O) groups is 1. The molecule has 0 atom stereocenters. The van der Waals surface area contributed by atoms with Crippen molar-refractivity contribution in [2.75, 3.05) is 19.5 Å². The number of aromatic nitrogens is 1. The number of nitrogens with zero attached hydrogens (tertiary/aromatic N) is 1. The number of unbranched alkanes of at least 4 members (excludes halogenated alkanes) is 5. The molecule has 0 spiro atoms. The number of aryl methyl sites for hydroxylation is 1. The summed E-state index contributed by atoms with van der Waals surface area (Å²) in [7, 11) is -1.58. The highest BCUT2D eigenvalue weighted by molar-refractivity contribution is 8.23. The zero-order chi connectivity index (χ0) is 28.8. The minimum atomic E-state index is -3.25. The molecule has 0 aliphatic heterocycles. The van der Waals surface area contributed by atoms with Gasteiger partial charge in [0.05, 0.1) is 25.9 Å². The first-order valence-electron chi connectivity index (χ1n) is 13.5. The molecule has 0 radical (unpaired) electrons. The standard InChI is InChI=1S/C31H40N2O6S/c1-38-27-17-15-24(16-18-27)10-6-4-2-3-5-7-21-39-29-19-20-30(33-28(29)13-9-14-31(34)35)40(36,37)23-25-11-8-12-26(32)22-25/h8-9,11-13,15-20,22,36-37H,2-7,10,14,21,23,32H2,1H3,(H,34,35). The van der Waals surface area contributed by atoms with Crippen LogP contribution in [0, 0.1) is 0 Å². The van der Waals surface area contributed by atoms with E-state index in [-0.39, 0.29) is 17.2 Å². The van der Waals surface area contributed by atoms with E-state index < -0.39 is 16.6 Å². The van der Waals surface area contributed by atoms with E-state index >= 15 is 0 Å². The van der Waals surface area contributed by atoms with Gasteiger partial charge in [-0.15, -0.1) is 10.6 Å². The lowest BCUT2D eigenvalue weighted by Gasteiger charge is -2.31. The molecular formula is C31H40N2O6S. The third-order valence-electron chi connectivity index (χ3n) is 6.36. The molecule has 1 heterocycles. The van der Waals surface area contributed by atoms with Crippen LogP contribution >= 0.6 is 10.6 Å². The minimum Gasteiger partial charge on any atom is -0.497 e. The van der Waals surface area contributed by atoms with Gasteiger partial charge < -0.3 is 20.3 Å². The van der Waals surface area contributed by atoms with Gasteiger partial charge in [-0.25, -0.2) is 4.98 Å². The minimum absolute atomic E-state index is 0.0242. The Balaban J connectivity index is 1.48. The summed E-state index contributed by atoms with van der Waals surface area (Å²) in [5.74, 6) is 0.365. The average molecular weight is 569 g/mol. The molecule has 216 valence electrons. The summed E-state index contributed by atoms with van der Waals surface area (Å²) in [5.41, 5.74) is 8.74. The van der Waals surface area contributed by atoms with Crippen LogP contribution in [0.5, 0.6) is 11.5 Å². The molecule has 8 nitrogen and oxygen atoms in total. The second-order valence-electron chi connectivity index (χ2n) is 9.66. The van der Waals surface area contributed by atoms with Gasteiger partial charge in [-0.2, -0.15) is 0 Å². The first-order chi connectivity index (χ1) is 19.3. The van der Waals surface area contributed by atoms with E-state index in [9.17, 15) is 13.9 Å². The summed E-state index contributed by atoms with van der Waals surface area (Å²) in [6.45, 7) is 0.492. The molecule has 0 saturated heterocycles. The second-order valence-corrected chi connectivity index (χ2v) is 11.7. The number of aliphatic carboxylic acids is 1. The van der Waals surface area contributed by atoms with Crippen LogP contribution in [0.25, 0.3) is 6.08 Å². The van der Waals surface area contributed by atoms with Crippen molar-refractivity contribution in [2.24, 2.45) is 0 Å². The maximum absolute atomic E-state index is 11.0. The van der Waals surface area contributed by atoms with E-state index in [1.165, 1.54) is 24.5 Å². The van der Waals surface area contributed by atoms with Crippen LogP contribution in [0.4, 0.5) is 5.69 Å². The molecule has 3 rings (SSSR count). The zero-order valence-electron chi connectivity index (χ0n) is 23.0. The van der Waals surface area contributed by atoms with Crippen molar-refractivity contribution in [3.05, 3.63) is 83.6 Å². The third-order valence-corrected chi connectivity index (χ3v) is 7.99. The van der Waals surface area contributed by atoms with E-state index in [0.29, 0.717) is 29.3 Å². The molecule has 0 saturated carbocycles. The van der Waals surface area contributed by atoms with Gasteiger partial charge in [0.2, 0.25) is 0 Å². The molecule has 0 amide bonds. The molecule has 9 heteroatoms. The molecular weight excluding hydrogens is 528 g/mol. The number of nitrogen functional groups attached to an aromatic ring is 1. The van der Waals surface area contributed by atoms with Crippen LogP contribution in [0.2, 0.25) is 0 Å². The summed E-state index contributed by atoms with van der Waals surface area (Å²) in [4.78, 5) is 15.4. The normalized spacial score (nSPS) is 12.0. The number of hydrogen-bond donors (Lipinski definition) is 4. The number of benzene rings is 2. The Kier molecular flexibility index (Phi) is 12.3. The Hall–Kier alpha value is -3.53.